The zero-order chi connectivity index (χ0) is 17.6. The van der Waals surface area contributed by atoms with Gasteiger partial charge < -0.3 is 9.84 Å². The average molecular weight is 354 g/mol. The lowest BCUT2D eigenvalue weighted by Crippen LogP contribution is -2.19. The van der Waals surface area contributed by atoms with Crippen LogP contribution < -0.4 is 11.0 Å². The highest BCUT2D eigenvalue weighted by atomic mass is 32.1. The van der Waals surface area contributed by atoms with Crippen LogP contribution in [0.5, 0.6) is 0 Å². The number of hydrogen-bond donors (Lipinski definition) is 1. The number of imidazole rings is 1. The number of nitrogens with one attached hydrogen (secondary N) is 1. The first kappa shape index (κ1) is 15.4. The summed E-state index contributed by atoms with van der Waals surface area (Å²) < 4.78 is 8.33. The summed E-state index contributed by atoms with van der Waals surface area (Å²) in [4.78, 5) is 25.3. The SMILES string of the molecule is Cn1c(=O)n(C)c2cc(NC(=O)c3cc(-c4cccs4)on3)ccc21. The molecule has 0 unspecified atom stereocenters. The normalized spacial score (nSPS) is 11.1. The van der Waals surface area contributed by atoms with Crippen LogP contribution in [0, 0.1) is 0 Å². The van der Waals surface area contributed by atoms with E-state index in [-0.39, 0.29) is 17.3 Å². The molecule has 0 radical (unpaired) electrons. The van der Waals surface area contributed by atoms with Crippen molar-refractivity contribution in [3.63, 3.8) is 0 Å². The number of carbonyl (C=O) groups excluding carboxylic acids is 1. The van der Waals surface area contributed by atoms with Gasteiger partial charge in [0.25, 0.3) is 5.91 Å². The second kappa shape index (κ2) is 5.75. The van der Waals surface area contributed by atoms with Crippen molar-refractivity contribution in [2.75, 3.05) is 5.32 Å². The Morgan fingerprint density at radius 3 is 2.72 bits per heavy atom. The quantitative estimate of drug-likeness (QED) is 0.613. The molecule has 0 fully saturated rings. The van der Waals surface area contributed by atoms with Crippen LogP contribution in [0.15, 0.2) is 51.1 Å². The van der Waals surface area contributed by atoms with Gasteiger partial charge in [-0.25, -0.2) is 4.79 Å². The summed E-state index contributed by atoms with van der Waals surface area (Å²) in [5, 5.41) is 8.54. The van der Waals surface area contributed by atoms with E-state index in [4.69, 9.17) is 4.52 Å². The molecule has 0 aliphatic carbocycles. The van der Waals surface area contributed by atoms with Crippen molar-refractivity contribution in [2.45, 2.75) is 0 Å². The van der Waals surface area contributed by atoms with Crippen molar-refractivity contribution in [3.8, 4) is 10.6 Å². The van der Waals surface area contributed by atoms with Gasteiger partial charge in [0.2, 0.25) is 0 Å². The molecule has 1 N–H and O–H groups in total. The number of rotatable bonds is 3. The third kappa shape index (κ3) is 2.56. The fourth-order valence-electron chi connectivity index (χ4n) is 2.70. The molecule has 3 aromatic heterocycles. The van der Waals surface area contributed by atoms with Gasteiger partial charge in [0.1, 0.15) is 0 Å². The molecule has 0 saturated heterocycles. The van der Waals surface area contributed by atoms with E-state index in [0.717, 1.165) is 15.9 Å². The van der Waals surface area contributed by atoms with E-state index in [2.05, 4.69) is 10.5 Å². The van der Waals surface area contributed by atoms with Gasteiger partial charge in [-0.3, -0.25) is 13.9 Å². The van der Waals surface area contributed by atoms with Crippen LogP contribution in [0.2, 0.25) is 0 Å². The molecule has 1 amide bonds. The topological polar surface area (TPSA) is 82.1 Å². The van der Waals surface area contributed by atoms with Crippen molar-refractivity contribution in [2.24, 2.45) is 14.1 Å². The highest BCUT2D eigenvalue weighted by molar-refractivity contribution is 7.13. The van der Waals surface area contributed by atoms with Gasteiger partial charge in [-0.05, 0) is 29.6 Å². The first-order valence-corrected chi connectivity index (χ1v) is 8.40. The van der Waals surface area contributed by atoms with Crippen LogP contribution in [-0.4, -0.2) is 20.2 Å². The maximum atomic E-state index is 12.4. The number of aryl methyl sites for hydroxylation is 2. The van der Waals surface area contributed by atoms with Gasteiger partial charge in [0, 0.05) is 25.8 Å². The van der Waals surface area contributed by atoms with E-state index < -0.39 is 0 Å². The number of thiophene rings is 1. The van der Waals surface area contributed by atoms with Crippen LogP contribution >= 0.6 is 11.3 Å². The van der Waals surface area contributed by atoms with Gasteiger partial charge in [0.15, 0.2) is 11.5 Å². The van der Waals surface area contributed by atoms with E-state index in [9.17, 15) is 9.59 Å². The lowest BCUT2D eigenvalue weighted by atomic mass is 10.2. The predicted octanol–water partition coefficient (Wildman–Crippen LogP) is 2.85. The molecule has 4 rings (SSSR count). The van der Waals surface area contributed by atoms with Crippen LogP contribution in [0.3, 0.4) is 0 Å². The minimum atomic E-state index is -0.369. The fourth-order valence-corrected chi connectivity index (χ4v) is 3.37. The summed E-state index contributed by atoms with van der Waals surface area (Å²) in [6.45, 7) is 0. The van der Waals surface area contributed by atoms with E-state index in [1.54, 1.807) is 42.9 Å². The van der Waals surface area contributed by atoms with E-state index in [1.165, 1.54) is 15.9 Å². The molecule has 0 bridgehead atoms. The zero-order valence-electron chi connectivity index (χ0n) is 13.5. The second-order valence-corrected chi connectivity index (χ2v) is 6.56. The molecular weight excluding hydrogens is 340 g/mol. The smallest absolute Gasteiger partial charge is 0.328 e. The van der Waals surface area contributed by atoms with Gasteiger partial charge >= 0.3 is 5.69 Å². The number of aromatic nitrogens is 3. The molecule has 0 saturated carbocycles. The number of fused-ring (bicyclic) bond motifs is 1. The van der Waals surface area contributed by atoms with Crippen molar-refractivity contribution >= 4 is 34.0 Å². The average Bonchev–Trinajstić information content (AvgIpc) is 3.33. The van der Waals surface area contributed by atoms with Crippen molar-refractivity contribution in [1.82, 2.24) is 14.3 Å². The summed E-state index contributed by atoms with van der Waals surface area (Å²) in [6, 6.07) is 10.7. The highest BCUT2D eigenvalue weighted by Gasteiger charge is 2.15. The van der Waals surface area contributed by atoms with Gasteiger partial charge in [-0.1, -0.05) is 11.2 Å². The molecule has 0 atom stereocenters. The first-order chi connectivity index (χ1) is 12.0. The van der Waals surface area contributed by atoms with Crippen LogP contribution in [0.4, 0.5) is 5.69 Å². The minimum absolute atomic E-state index is 0.115. The Kier molecular flexibility index (Phi) is 3.54. The number of carbonyl (C=O) groups is 1. The summed E-state index contributed by atoms with van der Waals surface area (Å²) in [5.41, 5.74) is 2.21. The molecule has 4 aromatic rings. The number of nitrogens with zero attached hydrogens (tertiary/aromatic N) is 3. The monoisotopic (exact) mass is 354 g/mol. The molecule has 3 heterocycles. The third-order valence-electron chi connectivity index (χ3n) is 4.04. The Morgan fingerprint density at radius 1 is 1.16 bits per heavy atom. The number of anilines is 1. The third-order valence-corrected chi connectivity index (χ3v) is 4.92. The van der Waals surface area contributed by atoms with E-state index in [0.29, 0.717) is 11.4 Å². The maximum absolute atomic E-state index is 12.4. The van der Waals surface area contributed by atoms with Gasteiger partial charge in [-0.15, -0.1) is 11.3 Å². The van der Waals surface area contributed by atoms with Gasteiger partial charge in [0.05, 0.1) is 15.9 Å². The molecule has 8 heteroatoms. The number of hydrogen-bond acceptors (Lipinski definition) is 5. The molecular formula is C17H14N4O3S. The van der Waals surface area contributed by atoms with E-state index in [1.807, 2.05) is 17.5 Å². The fraction of sp³-hybridized carbons (Fsp3) is 0.118. The van der Waals surface area contributed by atoms with Crippen molar-refractivity contribution in [3.05, 3.63) is 58.0 Å². The van der Waals surface area contributed by atoms with Crippen molar-refractivity contribution in [1.29, 1.82) is 0 Å². The summed E-state index contributed by atoms with van der Waals surface area (Å²) in [6.07, 6.45) is 0. The Bertz CT molecular complexity index is 1130. The first-order valence-electron chi connectivity index (χ1n) is 7.52. The minimum Gasteiger partial charge on any atom is -0.355 e. The molecule has 1 aromatic carbocycles. The Labute approximate surface area is 146 Å². The lowest BCUT2D eigenvalue weighted by Gasteiger charge is -2.03. The van der Waals surface area contributed by atoms with E-state index >= 15 is 0 Å². The zero-order valence-corrected chi connectivity index (χ0v) is 14.3. The predicted molar refractivity (Wildman–Crippen MR) is 95.9 cm³/mol. The molecule has 7 nitrogen and oxygen atoms in total. The second-order valence-electron chi connectivity index (χ2n) is 5.61. The molecule has 0 aliphatic heterocycles. The summed E-state index contributed by atoms with van der Waals surface area (Å²) in [5.74, 6) is 0.188. The van der Waals surface area contributed by atoms with Crippen LogP contribution in [-0.2, 0) is 14.1 Å². The Morgan fingerprint density at radius 2 is 1.96 bits per heavy atom. The molecule has 0 spiro atoms. The maximum Gasteiger partial charge on any atom is 0.328 e. The van der Waals surface area contributed by atoms with Crippen LogP contribution in [0.25, 0.3) is 21.7 Å². The Balaban J connectivity index is 1.62. The Hall–Kier alpha value is -3.13. The summed E-state index contributed by atoms with van der Waals surface area (Å²) >= 11 is 1.51. The lowest BCUT2D eigenvalue weighted by molar-refractivity contribution is 0.101. The molecule has 0 aliphatic rings. The van der Waals surface area contributed by atoms with Gasteiger partial charge in [-0.2, -0.15) is 0 Å². The molecule has 126 valence electrons. The molecule has 25 heavy (non-hydrogen) atoms. The number of amides is 1. The highest BCUT2D eigenvalue weighted by Crippen LogP contribution is 2.25. The standard InChI is InChI=1S/C17H14N4O3S/c1-20-12-6-5-10(8-13(12)21(2)17(20)23)18-16(22)11-9-14(24-19-11)15-4-3-7-25-15/h3-9H,1-2H3,(H,18,22). The van der Waals surface area contributed by atoms with Crippen LogP contribution in [0.1, 0.15) is 10.5 Å². The largest absolute Gasteiger partial charge is 0.355 e. The summed E-state index contributed by atoms with van der Waals surface area (Å²) in [7, 11) is 3.41. The number of benzene rings is 1. The van der Waals surface area contributed by atoms with Crippen molar-refractivity contribution < 1.29 is 9.32 Å².